The molecular formula is C19H20BrN5O2S. The van der Waals surface area contributed by atoms with Crippen LogP contribution < -0.4 is 11.0 Å². The summed E-state index contributed by atoms with van der Waals surface area (Å²) in [4.78, 5) is 29.4. The number of carbonyl (C=O) groups excluding carboxylic acids is 1. The van der Waals surface area contributed by atoms with Crippen LogP contribution in [0.2, 0.25) is 0 Å². The van der Waals surface area contributed by atoms with E-state index in [2.05, 4.69) is 31.3 Å². The molecular weight excluding hydrogens is 442 g/mol. The molecule has 1 aliphatic carbocycles. The number of hydrogen-bond donors (Lipinski definition) is 1. The highest BCUT2D eigenvalue weighted by Gasteiger charge is 2.19. The van der Waals surface area contributed by atoms with Gasteiger partial charge in [0.05, 0.1) is 0 Å². The van der Waals surface area contributed by atoms with Crippen LogP contribution in [-0.4, -0.2) is 30.3 Å². The van der Waals surface area contributed by atoms with Crippen LogP contribution in [0.1, 0.15) is 32.1 Å². The summed E-state index contributed by atoms with van der Waals surface area (Å²) in [5, 5.41) is 8.43. The zero-order chi connectivity index (χ0) is 19.5. The third-order valence-corrected chi connectivity index (χ3v) is 6.57. The number of nitrogens with zero attached hydrogens (tertiary/aromatic N) is 4. The van der Waals surface area contributed by atoms with Crippen molar-refractivity contribution in [1.82, 2.24) is 19.2 Å². The molecule has 2 aromatic heterocycles. The number of benzene rings is 1. The number of halogens is 1. The summed E-state index contributed by atoms with van der Waals surface area (Å²) in [6.45, 7) is -0.149. The fourth-order valence-corrected chi connectivity index (χ4v) is 4.84. The minimum absolute atomic E-state index is 0.149. The average molecular weight is 462 g/mol. The molecule has 146 valence electrons. The highest BCUT2D eigenvalue weighted by Crippen LogP contribution is 2.33. The van der Waals surface area contributed by atoms with E-state index in [-0.39, 0.29) is 18.1 Å². The van der Waals surface area contributed by atoms with Gasteiger partial charge >= 0.3 is 5.69 Å². The van der Waals surface area contributed by atoms with Gasteiger partial charge in [-0.3, -0.25) is 4.79 Å². The van der Waals surface area contributed by atoms with Gasteiger partial charge in [0.15, 0.2) is 5.65 Å². The van der Waals surface area contributed by atoms with E-state index in [1.165, 1.54) is 28.3 Å². The molecule has 1 aromatic carbocycles. The summed E-state index contributed by atoms with van der Waals surface area (Å²) < 4.78 is 3.58. The van der Waals surface area contributed by atoms with Crippen molar-refractivity contribution in [2.45, 2.75) is 48.9 Å². The molecule has 1 N–H and O–H groups in total. The smallest absolute Gasteiger partial charge is 0.324 e. The van der Waals surface area contributed by atoms with Gasteiger partial charge in [0.1, 0.15) is 11.6 Å². The maximum Gasteiger partial charge on any atom is 0.350 e. The van der Waals surface area contributed by atoms with Crippen molar-refractivity contribution < 1.29 is 4.79 Å². The Morgan fingerprint density at radius 1 is 1.21 bits per heavy atom. The molecule has 9 heteroatoms. The number of thioether (sulfide) groups is 1. The van der Waals surface area contributed by atoms with Gasteiger partial charge in [-0.05, 0) is 37.1 Å². The van der Waals surface area contributed by atoms with Crippen molar-refractivity contribution in [2.24, 2.45) is 0 Å². The third kappa shape index (κ3) is 4.30. The molecule has 0 unspecified atom stereocenters. The van der Waals surface area contributed by atoms with Crippen LogP contribution >= 0.6 is 27.7 Å². The van der Waals surface area contributed by atoms with Crippen molar-refractivity contribution >= 4 is 44.9 Å². The fourth-order valence-electron chi connectivity index (χ4n) is 3.32. The lowest BCUT2D eigenvalue weighted by Crippen LogP contribution is -2.28. The molecule has 1 aliphatic rings. The number of amides is 1. The summed E-state index contributed by atoms with van der Waals surface area (Å²) in [6.07, 6.45) is 9.29. The first-order valence-corrected chi connectivity index (χ1v) is 10.9. The molecule has 0 aliphatic heterocycles. The number of anilines is 1. The van der Waals surface area contributed by atoms with Crippen LogP contribution in [-0.2, 0) is 11.3 Å². The summed E-state index contributed by atoms with van der Waals surface area (Å²) in [5.41, 5.74) is 0.841. The minimum atomic E-state index is -0.339. The third-order valence-electron chi connectivity index (χ3n) is 4.72. The Hall–Kier alpha value is -2.13. The molecule has 0 spiro atoms. The molecule has 4 rings (SSSR count). The topological polar surface area (TPSA) is 81.3 Å². The van der Waals surface area contributed by atoms with Crippen molar-refractivity contribution in [1.29, 1.82) is 0 Å². The summed E-state index contributed by atoms with van der Waals surface area (Å²) in [7, 11) is 0. The van der Waals surface area contributed by atoms with Gasteiger partial charge in [-0.1, -0.05) is 47.0 Å². The van der Waals surface area contributed by atoms with Crippen molar-refractivity contribution in [3.8, 4) is 0 Å². The van der Waals surface area contributed by atoms with E-state index >= 15 is 0 Å². The van der Waals surface area contributed by atoms with Gasteiger partial charge in [-0.15, -0.1) is 5.10 Å². The Bertz CT molecular complexity index is 1040. The van der Waals surface area contributed by atoms with Gasteiger partial charge < -0.3 is 5.32 Å². The largest absolute Gasteiger partial charge is 0.350 e. The maximum atomic E-state index is 12.6. The highest BCUT2D eigenvalue weighted by molar-refractivity contribution is 9.10. The van der Waals surface area contributed by atoms with Gasteiger partial charge in [0.25, 0.3) is 0 Å². The van der Waals surface area contributed by atoms with Crippen LogP contribution in [0.3, 0.4) is 0 Å². The van der Waals surface area contributed by atoms with Crippen LogP contribution in [0, 0.1) is 0 Å². The van der Waals surface area contributed by atoms with Gasteiger partial charge in [-0.25, -0.2) is 18.9 Å². The number of fused-ring (bicyclic) bond motifs is 1. The predicted octanol–water partition coefficient (Wildman–Crippen LogP) is 3.72. The number of aromatic nitrogens is 4. The van der Waals surface area contributed by atoms with E-state index in [1.807, 2.05) is 12.1 Å². The van der Waals surface area contributed by atoms with Crippen molar-refractivity contribution in [3.63, 3.8) is 0 Å². The second kappa shape index (κ2) is 8.48. The molecule has 0 bridgehead atoms. The molecule has 3 aromatic rings. The Balaban J connectivity index is 1.53. The lowest BCUT2D eigenvalue weighted by molar-refractivity contribution is -0.117. The van der Waals surface area contributed by atoms with Gasteiger partial charge in [0, 0.05) is 27.8 Å². The predicted molar refractivity (Wildman–Crippen MR) is 113 cm³/mol. The molecule has 2 heterocycles. The Labute approximate surface area is 174 Å². The average Bonchev–Trinajstić information content (AvgIpc) is 3.01. The van der Waals surface area contributed by atoms with Crippen molar-refractivity contribution in [3.05, 3.63) is 51.6 Å². The zero-order valence-electron chi connectivity index (χ0n) is 15.2. The molecule has 0 radical (unpaired) electrons. The van der Waals surface area contributed by atoms with Crippen LogP contribution in [0.15, 0.2) is 51.0 Å². The molecule has 0 saturated heterocycles. The normalized spacial score (nSPS) is 15.0. The molecule has 0 atom stereocenters. The zero-order valence-corrected chi connectivity index (χ0v) is 17.6. The monoisotopic (exact) mass is 461 g/mol. The molecule has 1 saturated carbocycles. The van der Waals surface area contributed by atoms with Crippen LogP contribution in [0.4, 0.5) is 5.69 Å². The first-order valence-electron chi connectivity index (χ1n) is 9.26. The molecule has 7 nitrogen and oxygen atoms in total. The first kappa shape index (κ1) is 19.2. The van der Waals surface area contributed by atoms with E-state index in [1.54, 1.807) is 36.3 Å². The second-order valence-electron chi connectivity index (χ2n) is 6.80. The fraction of sp³-hybridized carbons (Fsp3) is 0.368. The molecule has 1 amide bonds. The number of hydrogen-bond acceptors (Lipinski definition) is 5. The summed E-state index contributed by atoms with van der Waals surface area (Å²) in [6, 6.07) is 7.26. The van der Waals surface area contributed by atoms with Gasteiger partial charge in [-0.2, -0.15) is 0 Å². The standard InChI is InChI=1S/C19H20BrN5O2S/c20-13-6-8-14(9-7-13)22-16(26)12-25-19(27)24-11-10-21-18(17(24)23-25)28-15-4-2-1-3-5-15/h6-11,15H,1-5,12H2,(H,22,26). The lowest BCUT2D eigenvalue weighted by atomic mass is 10.0. The van der Waals surface area contributed by atoms with Crippen LogP contribution in [0.25, 0.3) is 5.65 Å². The number of nitrogens with one attached hydrogen (secondary N) is 1. The Kier molecular flexibility index (Phi) is 5.82. The van der Waals surface area contributed by atoms with Crippen molar-refractivity contribution in [2.75, 3.05) is 5.32 Å². The molecule has 1 fully saturated rings. The Morgan fingerprint density at radius 2 is 1.96 bits per heavy atom. The first-order chi connectivity index (χ1) is 13.6. The Morgan fingerprint density at radius 3 is 2.71 bits per heavy atom. The summed E-state index contributed by atoms with van der Waals surface area (Å²) in [5.74, 6) is -0.303. The SMILES string of the molecule is O=C(Cn1nc2c(SC3CCCCC3)nccn2c1=O)Nc1ccc(Br)cc1. The number of carbonyl (C=O) groups is 1. The van der Waals surface area contributed by atoms with E-state index in [0.717, 1.165) is 22.3 Å². The lowest BCUT2D eigenvalue weighted by Gasteiger charge is -2.20. The quantitative estimate of drug-likeness (QED) is 0.625. The molecule has 28 heavy (non-hydrogen) atoms. The second-order valence-corrected chi connectivity index (χ2v) is 9.00. The van der Waals surface area contributed by atoms with Gasteiger partial charge in [0.2, 0.25) is 5.91 Å². The van der Waals surface area contributed by atoms with E-state index in [9.17, 15) is 9.59 Å². The maximum absolute atomic E-state index is 12.6. The van der Waals surface area contributed by atoms with E-state index in [0.29, 0.717) is 16.6 Å². The summed E-state index contributed by atoms with van der Waals surface area (Å²) >= 11 is 5.05. The minimum Gasteiger partial charge on any atom is -0.324 e. The highest BCUT2D eigenvalue weighted by atomic mass is 79.9. The number of rotatable bonds is 5. The van der Waals surface area contributed by atoms with E-state index < -0.39 is 0 Å². The van der Waals surface area contributed by atoms with E-state index in [4.69, 9.17) is 0 Å². The van der Waals surface area contributed by atoms with Crippen LogP contribution in [0.5, 0.6) is 0 Å².